The Morgan fingerprint density at radius 2 is 1.81 bits per heavy atom. The highest BCUT2D eigenvalue weighted by atomic mass is 16.5. The summed E-state index contributed by atoms with van der Waals surface area (Å²) in [5, 5.41) is 0. The first kappa shape index (κ1) is 24.8. The van der Waals surface area contributed by atoms with Crippen LogP contribution in [-0.2, 0) is 25.4 Å². The second-order valence-corrected chi connectivity index (χ2v) is 9.99. The number of imidazole rings is 1. The molecule has 0 unspecified atom stereocenters. The van der Waals surface area contributed by atoms with E-state index in [-0.39, 0.29) is 17.9 Å². The average molecular weight is 504 g/mol. The van der Waals surface area contributed by atoms with Crippen molar-refractivity contribution in [3.63, 3.8) is 0 Å². The quantitative estimate of drug-likeness (QED) is 0.626. The van der Waals surface area contributed by atoms with Crippen molar-refractivity contribution in [1.82, 2.24) is 23.6 Å². The van der Waals surface area contributed by atoms with E-state index in [1.807, 2.05) is 41.4 Å². The Kier molecular flexibility index (Phi) is 6.86. The highest BCUT2D eigenvalue weighted by Crippen LogP contribution is 2.32. The lowest BCUT2D eigenvalue weighted by molar-refractivity contribution is -0.134. The molecule has 1 saturated heterocycles. The molecule has 9 nitrogen and oxygen atoms in total. The topological polar surface area (TPSA) is 91.4 Å². The van der Waals surface area contributed by atoms with Crippen molar-refractivity contribution in [2.24, 2.45) is 20.0 Å². The number of ether oxygens (including phenoxy) is 1. The zero-order valence-corrected chi connectivity index (χ0v) is 21.4. The van der Waals surface area contributed by atoms with Crippen LogP contribution in [0.25, 0.3) is 11.2 Å². The fraction of sp³-hybridized carbons (Fsp3) is 0.429. The van der Waals surface area contributed by atoms with Crippen molar-refractivity contribution >= 4 is 17.1 Å². The van der Waals surface area contributed by atoms with E-state index < -0.39 is 11.2 Å². The lowest BCUT2D eigenvalue weighted by atomic mass is 10.1. The minimum absolute atomic E-state index is 0.138. The SMILES string of the molecule is C=C1/C=C\C=C/C/C=C(Cn2c(OC3CCN(C(=O)C4CC4)CC3)nc3c2c(=O)n(C)c(=O)n3C)\C=C/1. The summed E-state index contributed by atoms with van der Waals surface area (Å²) < 4.78 is 10.6. The molecule has 0 spiro atoms. The molecule has 0 N–H and O–H groups in total. The van der Waals surface area contributed by atoms with E-state index in [0.29, 0.717) is 49.7 Å². The minimum atomic E-state index is -0.438. The predicted molar refractivity (Wildman–Crippen MR) is 142 cm³/mol. The number of piperidine rings is 1. The zero-order chi connectivity index (χ0) is 26.1. The van der Waals surface area contributed by atoms with Crippen molar-refractivity contribution in [3.05, 3.63) is 81.1 Å². The number of aromatic nitrogens is 4. The van der Waals surface area contributed by atoms with Gasteiger partial charge < -0.3 is 9.64 Å². The standard InChI is InChI=1S/C28H33N5O4/c1-19-8-6-4-5-7-9-20(11-10-19)18-33-23-24(30(2)28(36)31(3)26(23)35)29-27(33)37-22-14-16-32(17-15-22)25(34)21-12-13-21/h4-6,8-11,21-22H,1,7,12-18H2,2-3H3/b5-4-,8-6-,11-10-,20-9+. The molecule has 0 atom stereocenters. The van der Waals surface area contributed by atoms with Crippen LogP contribution in [0.15, 0.2) is 69.8 Å². The lowest BCUT2D eigenvalue weighted by Gasteiger charge is -2.32. The van der Waals surface area contributed by atoms with Crippen LogP contribution in [0.1, 0.15) is 32.1 Å². The predicted octanol–water partition coefficient (Wildman–Crippen LogP) is 2.77. The summed E-state index contributed by atoms with van der Waals surface area (Å²) in [6.45, 7) is 5.69. The first-order chi connectivity index (χ1) is 17.8. The van der Waals surface area contributed by atoms with Gasteiger partial charge in [0.25, 0.3) is 11.6 Å². The van der Waals surface area contributed by atoms with Gasteiger partial charge in [-0.1, -0.05) is 49.1 Å². The maximum atomic E-state index is 13.2. The first-order valence-corrected chi connectivity index (χ1v) is 12.8. The number of allylic oxidation sites excluding steroid dienone is 9. The van der Waals surface area contributed by atoms with Crippen LogP contribution in [0.5, 0.6) is 6.01 Å². The third-order valence-electron chi connectivity index (χ3n) is 7.19. The number of hydrogen-bond acceptors (Lipinski definition) is 5. The number of carbonyl (C=O) groups is 1. The first-order valence-electron chi connectivity index (χ1n) is 12.8. The molecule has 2 fully saturated rings. The number of likely N-dealkylation sites (tertiary alicyclic amines) is 1. The second kappa shape index (κ2) is 10.2. The molecule has 0 radical (unpaired) electrons. The van der Waals surface area contributed by atoms with E-state index in [9.17, 15) is 14.4 Å². The van der Waals surface area contributed by atoms with Crippen molar-refractivity contribution in [2.75, 3.05) is 13.1 Å². The molecule has 2 aromatic heterocycles. The number of carbonyl (C=O) groups excluding carboxylic acids is 1. The van der Waals surface area contributed by atoms with Gasteiger partial charge in [0.1, 0.15) is 6.10 Å². The zero-order valence-electron chi connectivity index (χ0n) is 21.4. The third-order valence-corrected chi connectivity index (χ3v) is 7.19. The highest BCUT2D eigenvalue weighted by molar-refractivity contribution is 5.81. The van der Waals surface area contributed by atoms with Gasteiger partial charge in [0.05, 0.1) is 6.54 Å². The van der Waals surface area contributed by atoms with E-state index in [4.69, 9.17) is 4.74 Å². The average Bonchev–Trinajstić information content (AvgIpc) is 3.69. The van der Waals surface area contributed by atoms with Crippen molar-refractivity contribution in [1.29, 1.82) is 0 Å². The fourth-order valence-corrected chi connectivity index (χ4v) is 4.79. The van der Waals surface area contributed by atoms with Gasteiger partial charge in [0.2, 0.25) is 5.91 Å². The van der Waals surface area contributed by atoms with Gasteiger partial charge in [-0.3, -0.25) is 23.3 Å². The van der Waals surface area contributed by atoms with E-state index in [0.717, 1.165) is 35.0 Å². The summed E-state index contributed by atoms with van der Waals surface area (Å²) in [6, 6.07) is 0.306. The molecule has 0 aromatic carbocycles. The van der Waals surface area contributed by atoms with Gasteiger partial charge in [-0.25, -0.2) is 4.79 Å². The van der Waals surface area contributed by atoms with Crippen LogP contribution < -0.4 is 16.0 Å². The monoisotopic (exact) mass is 503 g/mol. The number of hydrogen-bond donors (Lipinski definition) is 0. The van der Waals surface area contributed by atoms with E-state index >= 15 is 0 Å². The molecule has 1 aliphatic heterocycles. The Labute approximate surface area is 215 Å². The Hall–Kier alpha value is -3.88. The molecule has 0 bridgehead atoms. The van der Waals surface area contributed by atoms with Gasteiger partial charge in [0.15, 0.2) is 11.2 Å². The van der Waals surface area contributed by atoms with Crippen LogP contribution in [-0.4, -0.2) is 48.7 Å². The number of fused-ring (bicyclic) bond motifs is 1. The summed E-state index contributed by atoms with van der Waals surface area (Å²) in [5.41, 5.74) is 1.58. The van der Waals surface area contributed by atoms with Gasteiger partial charge in [-0.15, -0.1) is 0 Å². The normalized spacial score (nSPS) is 22.9. The van der Waals surface area contributed by atoms with E-state index in [1.54, 1.807) is 11.6 Å². The largest absolute Gasteiger partial charge is 0.461 e. The summed E-state index contributed by atoms with van der Waals surface area (Å²) in [7, 11) is 3.08. The molecule has 1 amide bonds. The van der Waals surface area contributed by atoms with Crippen LogP contribution in [0.3, 0.4) is 0 Å². The minimum Gasteiger partial charge on any atom is -0.461 e. The van der Waals surface area contributed by atoms with Gasteiger partial charge in [-0.2, -0.15) is 4.98 Å². The van der Waals surface area contributed by atoms with Crippen molar-refractivity contribution in [3.8, 4) is 6.01 Å². The molecular weight excluding hydrogens is 470 g/mol. The summed E-state index contributed by atoms with van der Waals surface area (Å²) in [6.07, 6.45) is 17.9. The molecule has 3 aliphatic rings. The molecule has 2 aliphatic carbocycles. The Morgan fingerprint density at radius 3 is 2.54 bits per heavy atom. The Balaban J connectivity index is 1.48. The maximum Gasteiger partial charge on any atom is 0.332 e. The molecule has 194 valence electrons. The summed E-state index contributed by atoms with van der Waals surface area (Å²) in [4.78, 5) is 44.9. The number of aryl methyl sites for hydroxylation is 1. The Bertz CT molecular complexity index is 1470. The molecule has 5 rings (SSSR count). The molecule has 3 heterocycles. The Morgan fingerprint density at radius 1 is 1.05 bits per heavy atom. The van der Waals surface area contributed by atoms with E-state index in [1.165, 1.54) is 11.6 Å². The summed E-state index contributed by atoms with van der Waals surface area (Å²) >= 11 is 0. The van der Waals surface area contributed by atoms with Crippen molar-refractivity contribution < 1.29 is 9.53 Å². The smallest absolute Gasteiger partial charge is 0.332 e. The lowest BCUT2D eigenvalue weighted by Crippen LogP contribution is -2.42. The van der Waals surface area contributed by atoms with Gasteiger partial charge in [-0.05, 0) is 30.4 Å². The maximum absolute atomic E-state index is 13.2. The van der Waals surface area contributed by atoms with Gasteiger partial charge >= 0.3 is 5.69 Å². The van der Waals surface area contributed by atoms with Crippen LogP contribution >= 0.6 is 0 Å². The van der Waals surface area contributed by atoms with Crippen LogP contribution in [0.4, 0.5) is 0 Å². The summed E-state index contributed by atoms with van der Waals surface area (Å²) in [5.74, 6) is 0.462. The van der Waals surface area contributed by atoms with E-state index in [2.05, 4.69) is 17.6 Å². The second-order valence-electron chi connectivity index (χ2n) is 9.99. The molecule has 2 aromatic rings. The number of amides is 1. The third kappa shape index (κ3) is 5.16. The van der Waals surface area contributed by atoms with Crippen LogP contribution in [0.2, 0.25) is 0 Å². The molecular formula is C28H33N5O4. The molecule has 37 heavy (non-hydrogen) atoms. The molecule has 1 saturated carbocycles. The molecule has 9 heteroatoms. The number of nitrogens with zero attached hydrogens (tertiary/aromatic N) is 5. The van der Waals surface area contributed by atoms with Crippen molar-refractivity contribution in [2.45, 2.75) is 44.8 Å². The number of rotatable bonds is 5. The van der Waals surface area contributed by atoms with Crippen LogP contribution in [0, 0.1) is 5.92 Å². The van der Waals surface area contributed by atoms with Gasteiger partial charge in [0, 0.05) is 45.9 Å². The fourth-order valence-electron chi connectivity index (χ4n) is 4.79. The highest BCUT2D eigenvalue weighted by Gasteiger charge is 2.35.